The summed E-state index contributed by atoms with van der Waals surface area (Å²) in [5, 5.41) is 2.97. The van der Waals surface area contributed by atoms with Gasteiger partial charge in [0.1, 0.15) is 0 Å². The van der Waals surface area contributed by atoms with E-state index in [9.17, 15) is 13.2 Å². The van der Waals surface area contributed by atoms with E-state index in [0.717, 1.165) is 24.0 Å². The van der Waals surface area contributed by atoms with Crippen LogP contribution in [-0.2, 0) is 32.5 Å². The Labute approximate surface area is 161 Å². The van der Waals surface area contributed by atoms with Gasteiger partial charge in [-0.3, -0.25) is 4.79 Å². The molecule has 1 amide bonds. The molecule has 0 bridgehead atoms. The van der Waals surface area contributed by atoms with Crippen LogP contribution in [0, 0.1) is 0 Å². The Kier molecular flexibility index (Phi) is 6.20. The van der Waals surface area contributed by atoms with Crippen LogP contribution in [0.25, 0.3) is 0 Å². The summed E-state index contributed by atoms with van der Waals surface area (Å²) in [6.45, 7) is 3.94. The van der Waals surface area contributed by atoms with Gasteiger partial charge in [-0.25, -0.2) is 8.42 Å². The van der Waals surface area contributed by atoms with Crippen LogP contribution in [0.4, 0.5) is 0 Å². The number of amides is 1. The van der Waals surface area contributed by atoms with Gasteiger partial charge in [0.2, 0.25) is 15.9 Å². The van der Waals surface area contributed by atoms with Gasteiger partial charge in [0, 0.05) is 32.8 Å². The Balaban J connectivity index is 1.80. The van der Waals surface area contributed by atoms with Crippen LogP contribution < -0.4 is 5.32 Å². The largest absolute Gasteiger partial charge is 0.383 e. The molecular formula is C19H29N3O4S. The van der Waals surface area contributed by atoms with Crippen LogP contribution in [0.2, 0.25) is 0 Å². The van der Waals surface area contributed by atoms with Gasteiger partial charge in [-0.2, -0.15) is 4.31 Å². The van der Waals surface area contributed by atoms with Gasteiger partial charge in [0.25, 0.3) is 0 Å². The van der Waals surface area contributed by atoms with E-state index in [-0.39, 0.29) is 18.0 Å². The minimum atomic E-state index is -3.53. The minimum Gasteiger partial charge on any atom is -0.383 e. The number of nitrogens with zero attached hydrogens (tertiary/aromatic N) is 2. The van der Waals surface area contributed by atoms with Gasteiger partial charge in [0.05, 0.1) is 17.5 Å². The number of fused-ring (bicyclic) bond motifs is 1. The second kappa shape index (κ2) is 8.26. The number of hydrogen-bond donors (Lipinski definition) is 1. The van der Waals surface area contributed by atoms with E-state index in [4.69, 9.17) is 4.74 Å². The molecular weight excluding hydrogens is 366 g/mol. The van der Waals surface area contributed by atoms with Crippen LogP contribution in [-0.4, -0.2) is 69.5 Å². The molecule has 0 spiro atoms. The van der Waals surface area contributed by atoms with E-state index in [1.54, 1.807) is 30.6 Å². The van der Waals surface area contributed by atoms with Crippen molar-refractivity contribution in [1.82, 2.24) is 14.5 Å². The monoisotopic (exact) mass is 395 g/mol. The van der Waals surface area contributed by atoms with E-state index in [0.29, 0.717) is 37.6 Å². The molecule has 3 rings (SSSR count). The molecule has 1 aromatic carbocycles. The number of rotatable bonds is 6. The first kappa shape index (κ1) is 20.3. The highest BCUT2D eigenvalue weighted by atomic mass is 32.2. The normalized spacial score (nSPS) is 21.9. The molecule has 0 saturated carbocycles. The Morgan fingerprint density at radius 1 is 1.33 bits per heavy atom. The lowest BCUT2D eigenvalue weighted by Crippen LogP contribution is -2.45. The number of carbonyl (C=O) groups excluding carboxylic acids is 1. The lowest BCUT2D eigenvalue weighted by Gasteiger charge is -2.31. The standard InChI is InChI=1S/C19H29N3O4S/c1-14(20-2)19(23)21-10-8-15-11-18(7-6-16(15)12-21)27(24,25)22-9-4-5-17(22)13-26-3/h6-7,11,14,17,20H,4-5,8-10,12-13H2,1-3H3/t14-,17+/m0/s1. The molecule has 1 fully saturated rings. The highest BCUT2D eigenvalue weighted by molar-refractivity contribution is 7.89. The smallest absolute Gasteiger partial charge is 0.243 e. The Morgan fingerprint density at radius 3 is 2.81 bits per heavy atom. The second-order valence-corrected chi connectivity index (χ2v) is 9.21. The highest BCUT2D eigenvalue weighted by Gasteiger charge is 2.35. The van der Waals surface area contributed by atoms with Crippen LogP contribution >= 0.6 is 0 Å². The van der Waals surface area contributed by atoms with E-state index < -0.39 is 10.0 Å². The summed E-state index contributed by atoms with van der Waals surface area (Å²) in [6, 6.07) is 5.00. The molecule has 1 aromatic rings. The molecule has 2 heterocycles. The van der Waals surface area contributed by atoms with Crippen molar-refractivity contribution in [2.45, 2.75) is 49.7 Å². The summed E-state index contributed by atoms with van der Waals surface area (Å²) in [5.74, 6) is 0.0688. The third kappa shape index (κ3) is 4.03. The zero-order chi connectivity index (χ0) is 19.6. The lowest BCUT2D eigenvalue weighted by molar-refractivity contribution is -0.133. The summed E-state index contributed by atoms with van der Waals surface area (Å²) in [4.78, 5) is 14.6. The van der Waals surface area contributed by atoms with E-state index in [1.165, 1.54) is 0 Å². The van der Waals surface area contributed by atoms with Crippen LogP contribution in [0.1, 0.15) is 30.9 Å². The van der Waals surface area contributed by atoms with Crippen LogP contribution in [0.5, 0.6) is 0 Å². The zero-order valence-corrected chi connectivity index (χ0v) is 17.1. The third-order valence-electron chi connectivity index (χ3n) is 5.59. The molecule has 2 aliphatic heterocycles. The molecule has 2 aliphatic rings. The summed E-state index contributed by atoms with van der Waals surface area (Å²) in [6.07, 6.45) is 2.36. The third-order valence-corrected chi connectivity index (χ3v) is 7.54. The van der Waals surface area contributed by atoms with Crippen LogP contribution in [0.15, 0.2) is 23.1 Å². The average Bonchev–Trinajstić information content (AvgIpc) is 3.15. The second-order valence-electron chi connectivity index (χ2n) is 7.32. The maximum absolute atomic E-state index is 13.1. The minimum absolute atomic E-state index is 0.0688. The fourth-order valence-corrected chi connectivity index (χ4v) is 5.63. The topological polar surface area (TPSA) is 79.0 Å². The van der Waals surface area contributed by atoms with Crippen molar-refractivity contribution in [1.29, 1.82) is 0 Å². The first-order chi connectivity index (χ1) is 12.9. The summed E-state index contributed by atoms with van der Waals surface area (Å²) in [5.41, 5.74) is 2.03. The van der Waals surface area contributed by atoms with Gasteiger partial charge in [-0.05, 0) is 56.5 Å². The van der Waals surface area contributed by atoms with Gasteiger partial charge >= 0.3 is 0 Å². The van der Waals surface area contributed by atoms with Crippen molar-refractivity contribution in [2.75, 3.05) is 33.9 Å². The molecule has 8 heteroatoms. The molecule has 1 N–H and O–H groups in total. The molecule has 7 nitrogen and oxygen atoms in total. The first-order valence-corrected chi connectivity index (χ1v) is 10.9. The number of carbonyl (C=O) groups is 1. The van der Waals surface area contributed by atoms with Crippen molar-refractivity contribution in [3.63, 3.8) is 0 Å². The van der Waals surface area contributed by atoms with E-state index >= 15 is 0 Å². The number of ether oxygens (including phenoxy) is 1. The molecule has 0 radical (unpaired) electrons. The molecule has 2 atom stereocenters. The number of likely N-dealkylation sites (N-methyl/N-ethyl adjacent to an activating group) is 1. The lowest BCUT2D eigenvalue weighted by atomic mass is 9.99. The predicted octanol–water partition coefficient (Wildman–Crippen LogP) is 0.979. The average molecular weight is 396 g/mol. The first-order valence-electron chi connectivity index (χ1n) is 9.47. The number of hydrogen-bond acceptors (Lipinski definition) is 5. The zero-order valence-electron chi connectivity index (χ0n) is 16.3. The predicted molar refractivity (Wildman–Crippen MR) is 103 cm³/mol. The number of methoxy groups -OCH3 is 1. The highest BCUT2D eigenvalue weighted by Crippen LogP contribution is 2.29. The summed E-state index contributed by atoms with van der Waals surface area (Å²) in [7, 11) is -0.156. The SMILES string of the molecule is CN[C@@H](C)C(=O)N1CCc2cc(S(=O)(=O)N3CCC[C@@H]3COC)ccc2C1. The summed E-state index contributed by atoms with van der Waals surface area (Å²) < 4.78 is 33.0. The van der Waals surface area contributed by atoms with Gasteiger partial charge in [-0.1, -0.05) is 6.07 Å². The van der Waals surface area contributed by atoms with Crippen molar-refractivity contribution in [3.8, 4) is 0 Å². The fraction of sp³-hybridized carbons (Fsp3) is 0.632. The number of sulfonamides is 1. The van der Waals surface area contributed by atoms with Gasteiger partial charge in [0.15, 0.2) is 0 Å². The van der Waals surface area contributed by atoms with Gasteiger partial charge in [-0.15, -0.1) is 0 Å². The van der Waals surface area contributed by atoms with E-state index in [1.807, 2.05) is 17.9 Å². The van der Waals surface area contributed by atoms with Crippen LogP contribution in [0.3, 0.4) is 0 Å². The van der Waals surface area contributed by atoms with E-state index in [2.05, 4.69) is 5.32 Å². The molecule has 150 valence electrons. The fourth-order valence-electron chi connectivity index (χ4n) is 3.90. The van der Waals surface area contributed by atoms with Crippen molar-refractivity contribution in [2.24, 2.45) is 0 Å². The van der Waals surface area contributed by atoms with Crippen molar-refractivity contribution < 1.29 is 17.9 Å². The Bertz CT molecular complexity index is 796. The summed E-state index contributed by atoms with van der Waals surface area (Å²) >= 11 is 0. The Morgan fingerprint density at radius 2 is 2.11 bits per heavy atom. The van der Waals surface area contributed by atoms with Crippen molar-refractivity contribution in [3.05, 3.63) is 29.3 Å². The number of benzene rings is 1. The van der Waals surface area contributed by atoms with Gasteiger partial charge < -0.3 is 15.0 Å². The van der Waals surface area contributed by atoms with Crippen molar-refractivity contribution >= 4 is 15.9 Å². The maximum Gasteiger partial charge on any atom is 0.243 e. The molecule has 0 aliphatic carbocycles. The molecule has 1 saturated heterocycles. The molecule has 0 unspecified atom stereocenters. The molecule has 0 aromatic heterocycles. The maximum atomic E-state index is 13.1. The number of nitrogens with one attached hydrogen (secondary N) is 1. The quantitative estimate of drug-likeness (QED) is 0.777. The Hall–Kier alpha value is -1.48. The molecule has 27 heavy (non-hydrogen) atoms.